The maximum absolute atomic E-state index is 11.9. The van der Waals surface area contributed by atoms with Crippen LogP contribution in [0.2, 0.25) is 0 Å². The average molecular weight is 252 g/mol. The fourth-order valence-electron chi connectivity index (χ4n) is 1.63. The number of nitrogens with two attached hydrogens (primary N) is 1. The highest BCUT2D eigenvalue weighted by atomic mass is 16.5. The van der Waals surface area contributed by atoms with Crippen LogP contribution in [-0.2, 0) is 15.1 Å². The molecule has 0 fully saturated rings. The third kappa shape index (κ3) is 3.53. The third-order valence-electron chi connectivity index (χ3n) is 2.81. The van der Waals surface area contributed by atoms with Gasteiger partial charge in [0.1, 0.15) is 6.04 Å². The van der Waals surface area contributed by atoms with Gasteiger partial charge in [-0.1, -0.05) is 30.3 Å². The van der Waals surface area contributed by atoms with Crippen LogP contribution in [0.5, 0.6) is 0 Å². The normalized spacial score (nSPS) is 15.8. The molecule has 0 aliphatic rings. The average Bonchev–Trinajstić information content (AvgIpc) is 2.39. The molecule has 0 heterocycles. The summed E-state index contributed by atoms with van der Waals surface area (Å²) in [6.07, 6.45) is 0. The van der Waals surface area contributed by atoms with Crippen molar-refractivity contribution in [2.24, 2.45) is 5.73 Å². The number of carbonyl (C=O) groups is 1. The molecule has 0 saturated carbocycles. The van der Waals surface area contributed by atoms with Crippen LogP contribution in [-0.4, -0.2) is 37.4 Å². The Balaban J connectivity index is 2.81. The Bertz CT molecular complexity index is 383. The molecule has 0 saturated heterocycles. The number of ether oxygens (including phenoxy) is 1. The third-order valence-corrected chi connectivity index (χ3v) is 2.81. The fraction of sp³-hybridized carbons (Fsp3) is 0.462. The quantitative estimate of drug-likeness (QED) is 0.664. The number of aliphatic hydroxyl groups excluding tert-OH is 1. The lowest BCUT2D eigenvalue weighted by Gasteiger charge is -2.30. The molecular formula is C13H20N2O3. The van der Waals surface area contributed by atoms with E-state index in [4.69, 9.17) is 10.5 Å². The van der Waals surface area contributed by atoms with Crippen LogP contribution in [0.1, 0.15) is 12.5 Å². The van der Waals surface area contributed by atoms with E-state index in [1.165, 1.54) is 7.11 Å². The summed E-state index contributed by atoms with van der Waals surface area (Å²) in [4.78, 5) is 11.9. The predicted octanol–water partition coefficient (Wildman–Crippen LogP) is -0.0160. The molecule has 0 radical (unpaired) electrons. The highest BCUT2D eigenvalue weighted by molar-refractivity contribution is 5.82. The second-order valence-electron chi connectivity index (χ2n) is 4.41. The minimum atomic E-state index is -0.844. The van der Waals surface area contributed by atoms with E-state index in [0.29, 0.717) is 0 Å². The summed E-state index contributed by atoms with van der Waals surface area (Å²) in [5.41, 5.74) is 5.63. The van der Waals surface area contributed by atoms with Crippen LogP contribution in [0.15, 0.2) is 30.3 Å². The number of carbonyl (C=O) groups excluding carboxylic acids is 1. The Morgan fingerprint density at radius 3 is 2.61 bits per heavy atom. The smallest absolute Gasteiger partial charge is 0.240 e. The monoisotopic (exact) mass is 252 g/mol. The van der Waals surface area contributed by atoms with E-state index in [0.717, 1.165) is 5.56 Å². The molecule has 1 rings (SSSR count). The van der Waals surface area contributed by atoms with E-state index in [-0.39, 0.29) is 19.1 Å². The Labute approximate surface area is 107 Å². The van der Waals surface area contributed by atoms with E-state index in [2.05, 4.69) is 5.32 Å². The van der Waals surface area contributed by atoms with Crippen LogP contribution in [0.4, 0.5) is 0 Å². The first-order valence-electron chi connectivity index (χ1n) is 5.76. The molecule has 1 amide bonds. The lowest BCUT2D eigenvalue weighted by atomic mass is 9.92. The molecule has 100 valence electrons. The number of hydrogen-bond acceptors (Lipinski definition) is 4. The number of aliphatic hydroxyl groups is 1. The summed E-state index contributed by atoms with van der Waals surface area (Å²) < 4.78 is 4.83. The van der Waals surface area contributed by atoms with Crippen LogP contribution >= 0.6 is 0 Å². The van der Waals surface area contributed by atoms with Crippen molar-refractivity contribution in [1.82, 2.24) is 5.32 Å². The van der Waals surface area contributed by atoms with Gasteiger partial charge >= 0.3 is 0 Å². The molecule has 0 bridgehead atoms. The summed E-state index contributed by atoms with van der Waals surface area (Å²) in [7, 11) is 1.48. The van der Waals surface area contributed by atoms with Crippen molar-refractivity contribution in [3.05, 3.63) is 35.9 Å². The molecule has 2 unspecified atom stereocenters. The Hall–Kier alpha value is -1.43. The zero-order valence-electron chi connectivity index (χ0n) is 10.7. The molecule has 1 aromatic carbocycles. The molecule has 0 aromatic heterocycles. The van der Waals surface area contributed by atoms with Gasteiger partial charge in [0.25, 0.3) is 0 Å². The molecule has 5 heteroatoms. The standard InChI is InChI=1S/C13H20N2O3/c1-13(9-16,10-6-4-3-5-7-10)15-12(17)11(14)8-18-2/h3-7,11,16H,8-9,14H2,1-2H3,(H,15,17). The molecule has 2 atom stereocenters. The summed E-state index contributed by atoms with van der Waals surface area (Å²) >= 11 is 0. The largest absolute Gasteiger partial charge is 0.394 e. The maximum Gasteiger partial charge on any atom is 0.240 e. The zero-order chi connectivity index (χ0) is 13.6. The highest BCUT2D eigenvalue weighted by Gasteiger charge is 2.29. The minimum Gasteiger partial charge on any atom is -0.394 e. The van der Waals surface area contributed by atoms with Crippen molar-refractivity contribution < 1.29 is 14.6 Å². The van der Waals surface area contributed by atoms with E-state index in [1.807, 2.05) is 30.3 Å². The molecule has 5 nitrogen and oxygen atoms in total. The van der Waals surface area contributed by atoms with Gasteiger partial charge < -0.3 is 20.9 Å². The van der Waals surface area contributed by atoms with Crippen molar-refractivity contribution in [2.75, 3.05) is 20.3 Å². The zero-order valence-corrected chi connectivity index (χ0v) is 10.7. The minimum absolute atomic E-state index is 0.141. The molecule has 0 aliphatic heterocycles. The number of rotatable bonds is 6. The molecule has 0 spiro atoms. The number of hydrogen-bond donors (Lipinski definition) is 3. The number of methoxy groups -OCH3 is 1. The summed E-state index contributed by atoms with van der Waals surface area (Å²) in [6.45, 7) is 1.68. The number of benzene rings is 1. The van der Waals surface area contributed by atoms with Gasteiger partial charge in [0.15, 0.2) is 0 Å². The molecular weight excluding hydrogens is 232 g/mol. The van der Waals surface area contributed by atoms with E-state index >= 15 is 0 Å². The second kappa shape index (κ2) is 6.49. The molecule has 4 N–H and O–H groups in total. The lowest BCUT2D eigenvalue weighted by molar-refractivity contribution is -0.126. The van der Waals surface area contributed by atoms with Gasteiger partial charge in [-0.2, -0.15) is 0 Å². The van der Waals surface area contributed by atoms with Crippen LogP contribution in [0, 0.1) is 0 Å². The van der Waals surface area contributed by atoms with E-state index < -0.39 is 11.6 Å². The van der Waals surface area contributed by atoms with Gasteiger partial charge in [-0.25, -0.2) is 0 Å². The van der Waals surface area contributed by atoms with Crippen LogP contribution in [0.25, 0.3) is 0 Å². The van der Waals surface area contributed by atoms with Gasteiger partial charge in [-0.05, 0) is 12.5 Å². The van der Waals surface area contributed by atoms with Crippen LogP contribution in [0.3, 0.4) is 0 Å². The summed E-state index contributed by atoms with van der Waals surface area (Å²) in [5.74, 6) is -0.350. The molecule has 18 heavy (non-hydrogen) atoms. The first-order valence-corrected chi connectivity index (χ1v) is 5.76. The topological polar surface area (TPSA) is 84.6 Å². The predicted molar refractivity (Wildman–Crippen MR) is 68.9 cm³/mol. The lowest BCUT2D eigenvalue weighted by Crippen LogP contribution is -2.53. The Morgan fingerprint density at radius 2 is 2.11 bits per heavy atom. The van der Waals surface area contributed by atoms with E-state index in [9.17, 15) is 9.90 Å². The van der Waals surface area contributed by atoms with Gasteiger partial charge in [0, 0.05) is 7.11 Å². The number of amides is 1. The van der Waals surface area contributed by atoms with E-state index in [1.54, 1.807) is 6.92 Å². The first-order chi connectivity index (χ1) is 8.53. The molecule has 0 aliphatic carbocycles. The van der Waals surface area contributed by atoms with Crippen molar-refractivity contribution in [2.45, 2.75) is 18.5 Å². The fourth-order valence-corrected chi connectivity index (χ4v) is 1.63. The van der Waals surface area contributed by atoms with Crippen molar-refractivity contribution in [1.29, 1.82) is 0 Å². The Kier molecular flexibility index (Phi) is 5.27. The maximum atomic E-state index is 11.9. The van der Waals surface area contributed by atoms with Gasteiger partial charge in [-0.15, -0.1) is 0 Å². The van der Waals surface area contributed by atoms with Gasteiger partial charge in [0.2, 0.25) is 5.91 Å². The van der Waals surface area contributed by atoms with Crippen molar-refractivity contribution >= 4 is 5.91 Å². The van der Waals surface area contributed by atoms with Crippen LogP contribution < -0.4 is 11.1 Å². The summed E-state index contributed by atoms with van der Waals surface area (Å²) in [5, 5.41) is 12.3. The van der Waals surface area contributed by atoms with Gasteiger partial charge in [0.05, 0.1) is 18.8 Å². The number of nitrogens with one attached hydrogen (secondary N) is 1. The highest BCUT2D eigenvalue weighted by Crippen LogP contribution is 2.19. The van der Waals surface area contributed by atoms with Crippen molar-refractivity contribution in [3.63, 3.8) is 0 Å². The first kappa shape index (κ1) is 14.6. The van der Waals surface area contributed by atoms with Crippen molar-refractivity contribution in [3.8, 4) is 0 Å². The Morgan fingerprint density at radius 1 is 1.50 bits per heavy atom. The van der Waals surface area contributed by atoms with Gasteiger partial charge in [-0.3, -0.25) is 4.79 Å². The SMILES string of the molecule is COCC(N)C(=O)NC(C)(CO)c1ccccc1. The summed E-state index contributed by atoms with van der Waals surface area (Å²) in [6, 6.07) is 8.52. The molecule has 1 aromatic rings. The second-order valence-corrected chi connectivity index (χ2v) is 4.41.